The number of likely N-dealkylation sites (tertiary alicyclic amines) is 1. The molecule has 1 N–H and O–H groups in total. The maximum Gasteiger partial charge on any atom is 0.254 e. The number of carbonyl (C=O) groups excluding carboxylic acids is 2. The van der Waals surface area contributed by atoms with Crippen LogP contribution in [0.5, 0.6) is 11.5 Å². The van der Waals surface area contributed by atoms with Crippen molar-refractivity contribution in [2.75, 3.05) is 19.9 Å². The summed E-state index contributed by atoms with van der Waals surface area (Å²) in [5.74, 6) is 1.80. The number of benzene rings is 1. The van der Waals surface area contributed by atoms with Gasteiger partial charge in [0.1, 0.15) is 0 Å². The summed E-state index contributed by atoms with van der Waals surface area (Å²) in [4.78, 5) is 26.9. The molecule has 2 aliphatic heterocycles. The van der Waals surface area contributed by atoms with Crippen LogP contribution in [-0.2, 0) is 4.79 Å². The van der Waals surface area contributed by atoms with E-state index in [-0.39, 0.29) is 36.0 Å². The van der Waals surface area contributed by atoms with Crippen molar-refractivity contribution in [2.24, 2.45) is 17.3 Å². The molecule has 1 saturated carbocycles. The van der Waals surface area contributed by atoms with Crippen molar-refractivity contribution in [3.8, 4) is 11.5 Å². The number of fused-ring (bicyclic) bond motifs is 1. The molecular weight excluding hydrogens is 344 g/mol. The zero-order chi connectivity index (χ0) is 19.2. The summed E-state index contributed by atoms with van der Waals surface area (Å²) in [6, 6.07) is 5.46. The van der Waals surface area contributed by atoms with Crippen molar-refractivity contribution in [3.05, 3.63) is 23.8 Å². The van der Waals surface area contributed by atoms with Gasteiger partial charge < -0.3 is 19.7 Å². The molecule has 2 fully saturated rings. The zero-order valence-electron chi connectivity index (χ0n) is 16.3. The van der Waals surface area contributed by atoms with Crippen molar-refractivity contribution in [1.29, 1.82) is 0 Å². The minimum absolute atomic E-state index is 0.0650. The Balaban J connectivity index is 1.30. The molecular formula is C21H28N2O4. The molecule has 2 heterocycles. The third-order valence-electron chi connectivity index (χ3n) is 5.89. The Hall–Kier alpha value is -2.24. The fourth-order valence-electron chi connectivity index (χ4n) is 4.80. The molecule has 2 atom stereocenters. The van der Waals surface area contributed by atoms with E-state index in [1.165, 1.54) is 6.42 Å². The number of amides is 2. The molecule has 6 nitrogen and oxygen atoms in total. The number of hydrogen-bond donors (Lipinski definition) is 1. The molecule has 6 heteroatoms. The Morgan fingerprint density at radius 1 is 1.15 bits per heavy atom. The van der Waals surface area contributed by atoms with Gasteiger partial charge in [0.15, 0.2) is 11.5 Å². The maximum absolute atomic E-state index is 12.6. The van der Waals surface area contributed by atoms with Crippen LogP contribution in [0.3, 0.4) is 0 Å². The smallest absolute Gasteiger partial charge is 0.254 e. The van der Waals surface area contributed by atoms with Crippen molar-refractivity contribution in [3.63, 3.8) is 0 Å². The highest BCUT2D eigenvalue weighted by molar-refractivity contribution is 5.96. The fraction of sp³-hybridized carbons (Fsp3) is 0.619. The standard InChI is InChI=1S/C21H28N2O4/c1-13-6-16(9-21(2,3)8-13)22-19(24)15-10-23(11-15)20(25)14-4-5-17-18(7-14)27-12-26-17/h4-5,7,13,15-16H,6,8-12H2,1-3H3,(H,22,24). The fourth-order valence-corrected chi connectivity index (χ4v) is 4.80. The first-order valence-electron chi connectivity index (χ1n) is 9.80. The van der Waals surface area contributed by atoms with Gasteiger partial charge in [-0.1, -0.05) is 20.8 Å². The van der Waals surface area contributed by atoms with E-state index in [0.29, 0.717) is 36.1 Å². The highest BCUT2D eigenvalue weighted by Gasteiger charge is 2.39. The van der Waals surface area contributed by atoms with Gasteiger partial charge >= 0.3 is 0 Å². The van der Waals surface area contributed by atoms with E-state index < -0.39 is 0 Å². The zero-order valence-corrected chi connectivity index (χ0v) is 16.3. The lowest BCUT2D eigenvalue weighted by Crippen LogP contribution is -2.57. The molecule has 0 spiro atoms. The molecule has 2 unspecified atom stereocenters. The second kappa shape index (κ2) is 6.73. The van der Waals surface area contributed by atoms with E-state index >= 15 is 0 Å². The van der Waals surface area contributed by atoms with Crippen molar-refractivity contribution >= 4 is 11.8 Å². The highest BCUT2D eigenvalue weighted by Crippen LogP contribution is 2.38. The third kappa shape index (κ3) is 3.75. The number of ether oxygens (including phenoxy) is 2. The van der Waals surface area contributed by atoms with E-state index in [1.54, 1.807) is 23.1 Å². The lowest BCUT2D eigenvalue weighted by Gasteiger charge is -2.42. The molecule has 2 amide bonds. The summed E-state index contributed by atoms with van der Waals surface area (Å²) in [5, 5.41) is 3.23. The Labute approximate surface area is 160 Å². The molecule has 146 valence electrons. The minimum Gasteiger partial charge on any atom is -0.454 e. The average molecular weight is 372 g/mol. The van der Waals surface area contributed by atoms with E-state index in [2.05, 4.69) is 26.1 Å². The molecule has 27 heavy (non-hydrogen) atoms. The molecule has 0 bridgehead atoms. The highest BCUT2D eigenvalue weighted by atomic mass is 16.7. The molecule has 1 saturated heterocycles. The monoisotopic (exact) mass is 372 g/mol. The molecule has 4 rings (SSSR count). The average Bonchev–Trinajstić information content (AvgIpc) is 2.98. The van der Waals surface area contributed by atoms with Crippen LogP contribution in [0.1, 0.15) is 50.4 Å². The molecule has 0 radical (unpaired) electrons. The summed E-state index contributed by atoms with van der Waals surface area (Å²) in [6.07, 6.45) is 3.28. The molecule has 3 aliphatic rings. The molecule has 1 aliphatic carbocycles. The largest absolute Gasteiger partial charge is 0.454 e. The van der Waals surface area contributed by atoms with Gasteiger partial charge in [0.25, 0.3) is 5.91 Å². The van der Waals surface area contributed by atoms with Gasteiger partial charge in [-0.05, 0) is 48.8 Å². The topological polar surface area (TPSA) is 67.9 Å². The van der Waals surface area contributed by atoms with Gasteiger partial charge in [-0.15, -0.1) is 0 Å². The Morgan fingerprint density at radius 2 is 1.89 bits per heavy atom. The van der Waals surface area contributed by atoms with Crippen LogP contribution >= 0.6 is 0 Å². The van der Waals surface area contributed by atoms with E-state index in [9.17, 15) is 9.59 Å². The van der Waals surface area contributed by atoms with Crippen LogP contribution < -0.4 is 14.8 Å². The maximum atomic E-state index is 12.6. The van der Waals surface area contributed by atoms with Crippen LogP contribution in [0.2, 0.25) is 0 Å². The first-order valence-corrected chi connectivity index (χ1v) is 9.80. The normalized spacial score (nSPS) is 26.4. The van der Waals surface area contributed by atoms with Crippen molar-refractivity contribution < 1.29 is 19.1 Å². The number of carbonyl (C=O) groups is 2. The van der Waals surface area contributed by atoms with Crippen LogP contribution in [0.4, 0.5) is 0 Å². The SMILES string of the molecule is CC1CC(NC(=O)C2CN(C(=O)c3ccc4c(c3)OCO4)C2)CC(C)(C)C1. The number of nitrogens with zero attached hydrogens (tertiary/aromatic N) is 1. The number of rotatable bonds is 3. The van der Waals surface area contributed by atoms with Gasteiger partial charge in [0, 0.05) is 24.7 Å². The number of hydrogen-bond acceptors (Lipinski definition) is 4. The van der Waals surface area contributed by atoms with Crippen molar-refractivity contribution in [2.45, 2.75) is 46.1 Å². The van der Waals surface area contributed by atoms with Gasteiger partial charge in [-0.3, -0.25) is 9.59 Å². The van der Waals surface area contributed by atoms with Crippen LogP contribution in [-0.4, -0.2) is 42.6 Å². The quantitative estimate of drug-likeness (QED) is 0.886. The molecule has 1 aromatic carbocycles. The lowest BCUT2D eigenvalue weighted by molar-refractivity contribution is -0.130. The second-order valence-electron chi connectivity index (χ2n) is 9.09. The summed E-state index contributed by atoms with van der Waals surface area (Å²) in [5.41, 5.74) is 0.845. The Kier molecular flexibility index (Phi) is 4.52. The van der Waals surface area contributed by atoms with E-state index in [4.69, 9.17) is 9.47 Å². The van der Waals surface area contributed by atoms with Crippen LogP contribution in [0.15, 0.2) is 18.2 Å². The third-order valence-corrected chi connectivity index (χ3v) is 5.89. The first kappa shape index (κ1) is 18.1. The van der Waals surface area contributed by atoms with Crippen LogP contribution in [0, 0.1) is 17.3 Å². The molecule has 0 aromatic heterocycles. The van der Waals surface area contributed by atoms with Crippen molar-refractivity contribution in [1.82, 2.24) is 10.2 Å². The van der Waals surface area contributed by atoms with Crippen LogP contribution in [0.25, 0.3) is 0 Å². The first-order chi connectivity index (χ1) is 12.8. The summed E-state index contributed by atoms with van der Waals surface area (Å²) < 4.78 is 10.6. The van der Waals surface area contributed by atoms with Gasteiger partial charge in [0.05, 0.1) is 5.92 Å². The Bertz CT molecular complexity index is 755. The predicted molar refractivity (Wildman–Crippen MR) is 101 cm³/mol. The Morgan fingerprint density at radius 3 is 2.63 bits per heavy atom. The summed E-state index contributed by atoms with van der Waals surface area (Å²) in [6.45, 7) is 7.95. The second-order valence-corrected chi connectivity index (χ2v) is 9.09. The number of nitrogens with one attached hydrogen (secondary N) is 1. The summed E-state index contributed by atoms with van der Waals surface area (Å²) in [7, 11) is 0. The van der Waals surface area contributed by atoms with E-state index in [0.717, 1.165) is 12.8 Å². The van der Waals surface area contributed by atoms with E-state index in [1.807, 2.05) is 0 Å². The summed E-state index contributed by atoms with van der Waals surface area (Å²) >= 11 is 0. The lowest BCUT2D eigenvalue weighted by atomic mass is 9.70. The predicted octanol–water partition coefficient (Wildman–Crippen LogP) is 2.82. The molecule has 1 aromatic rings. The van der Waals surface area contributed by atoms with Gasteiger partial charge in [-0.25, -0.2) is 0 Å². The van der Waals surface area contributed by atoms with Gasteiger partial charge in [-0.2, -0.15) is 0 Å². The van der Waals surface area contributed by atoms with Gasteiger partial charge in [0.2, 0.25) is 12.7 Å². The minimum atomic E-state index is -0.108.